The van der Waals surface area contributed by atoms with Crippen molar-refractivity contribution in [3.63, 3.8) is 0 Å². The maximum atomic E-state index is 10.1. The van der Waals surface area contributed by atoms with Gasteiger partial charge in [-0.05, 0) is 0 Å². The largest absolute Gasteiger partial charge is 0.455 e. The summed E-state index contributed by atoms with van der Waals surface area (Å²) in [6, 6.07) is 0. The van der Waals surface area contributed by atoms with Crippen molar-refractivity contribution in [3.8, 4) is 0 Å². The van der Waals surface area contributed by atoms with E-state index in [0.717, 1.165) is 0 Å². The lowest BCUT2D eigenvalue weighted by molar-refractivity contribution is 0.0469. The molecule has 0 aromatic carbocycles. The van der Waals surface area contributed by atoms with Gasteiger partial charge in [-0.3, -0.25) is 0 Å². The van der Waals surface area contributed by atoms with E-state index < -0.39 is 5.30 Å². The van der Waals surface area contributed by atoms with Crippen LogP contribution in [0.15, 0.2) is 0 Å². The third-order valence-corrected chi connectivity index (χ3v) is 1.01. The van der Waals surface area contributed by atoms with Gasteiger partial charge in [-0.1, -0.05) is 12.6 Å². The average molecular weight is 180 g/mol. The predicted octanol–water partition coefficient (Wildman–Crippen LogP) is 0.716. The highest BCUT2D eigenvalue weighted by molar-refractivity contribution is 7.96. The Bertz CT molecular complexity index is 107. The Morgan fingerprint density at radius 3 is 2.45 bits per heavy atom. The van der Waals surface area contributed by atoms with E-state index in [0.29, 0.717) is 19.8 Å². The van der Waals surface area contributed by atoms with Crippen LogP contribution in [0, 0.1) is 0 Å². The van der Waals surface area contributed by atoms with E-state index in [9.17, 15) is 4.79 Å². The molecule has 0 bridgehead atoms. The van der Waals surface area contributed by atoms with Crippen molar-refractivity contribution in [3.05, 3.63) is 0 Å². The molecule has 5 heteroatoms. The lowest BCUT2D eigenvalue weighted by Crippen LogP contribution is -2.08. The average Bonchev–Trinajstić information content (AvgIpc) is 1.96. The van der Waals surface area contributed by atoms with Gasteiger partial charge in [0, 0.05) is 7.11 Å². The standard InChI is InChI=1S/C6H12O4S/c1-8-2-3-9-4-5-10-6(7)11/h2-5H2,1H3,(H,7,11). The summed E-state index contributed by atoms with van der Waals surface area (Å²) in [5.41, 5.74) is 0. The van der Waals surface area contributed by atoms with E-state index in [1.807, 2.05) is 0 Å². The summed E-state index contributed by atoms with van der Waals surface area (Å²) in [6.07, 6.45) is 0. The smallest absolute Gasteiger partial charge is 0.364 e. The molecule has 0 fully saturated rings. The van der Waals surface area contributed by atoms with Crippen LogP contribution in [0.2, 0.25) is 0 Å². The quantitative estimate of drug-likeness (QED) is 0.371. The fourth-order valence-electron chi connectivity index (χ4n) is 0.432. The molecule has 0 amide bonds. The van der Waals surface area contributed by atoms with Gasteiger partial charge in [-0.15, -0.1) is 0 Å². The first-order chi connectivity index (χ1) is 5.27. The molecule has 0 aliphatic rings. The number of hydrogen-bond acceptors (Lipinski definition) is 4. The fraction of sp³-hybridized carbons (Fsp3) is 0.833. The number of rotatable bonds is 6. The van der Waals surface area contributed by atoms with Crippen molar-refractivity contribution in [1.82, 2.24) is 0 Å². The Labute approximate surface area is 71.2 Å². The molecule has 0 aliphatic carbocycles. The van der Waals surface area contributed by atoms with E-state index in [-0.39, 0.29) is 6.61 Å². The van der Waals surface area contributed by atoms with E-state index in [1.54, 1.807) is 7.11 Å². The van der Waals surface area contributed by atoms with Gasteiger partial charge < -0.3 is 14.2 Å². The molecule has 0 aromatic heterocycles. The van der Waals surface area contributed by atoms with Crippen LogP contribution in [-0.4, -0.2) is 38.8 Å². The SMILES string of the molecule is COCCOCCOC(=O)S. The minimum atomic E-state index is -0.583. The van der Waals surface area contributed by atoms with Crippen LogP contribution < -0.4 is 0 Å². The van der Waals surface area contributed by atoms with Crippen LogP contribution in [0.3, 0.4) is 0 Å². The van der Waals surface area contributed by atoms with Crippen LogP contribution in [-0.2, 0) is 14.2 Å². The van der Waals surface area contributed by atoms with E-state index in [1.165, 1.54) is 0 Å². The van der Waals surface area contributed by atoms with Gasteiger partial charge in [0.05, 0.1) is 19.8 Å². The van der Waals surface area contributed by atoms with E-state index >= 15 is 0 Å². The summed E-state index contributed by atoms with van der Waals surface area (Å²) in [5, 5.41) is -0.583. The summed E-state index contributed by atoms with van der Waals surface area (Å²) in [6.45, 7) is 1.69. The van der Waals surface area contributed by atoms with Crippen LogP contribution in [0.25, 0.3) is 0 Å². The molecule has 0 spiro atoms. The van der Waals surface area contributed by atoms with Crippen molar-refractivity contribution in [2.75, 3.05) is 33.5 Å². The van der Waals surface area contributed by atoms with Crippen molar-refractivity contribution >= 4 is 17.9 Å². The Kier molecular flexibility index (Phi) is 7.66. The molecule has 0 saturated heterocycles. The normalized spacial score (nSPS) is 9.64. The number of hydrogen-bond donors (Lipinski definition) is 1. The minimum absolute atomic E-state index is 0.242. The molecule has 0 saturated carbocycles. The molecule has 0 rings (SSSR count). The van der Waals surface area contributed by atoms with Crippen molar-refractivity contribution < 1.29 is 19.0 Å². The lowest BCUT2D eigenvalue weighted by atomic mass is 10.7. The zero-order chi connectivity index (χ0) is 8.53. The monoisotopic (exact) mass is 180 g/mol. The van der Waals surface area contributed by atoms with E-state index in [2.05, 4.69) is 17.4 Å². The molecule has 0 radical (unpaired) electrons. The molecule has 0 unspecified atom stereocenters. The van der Waals surface area contributed by atoms with Crippen molar-refractivity contribution in [1.29, 1.82) is 0 Å². The van der Waals surface area contributed by atoms with Gasteiger partial charge in [0.1, 0.15) is 6.61 Å². The first kappa shape index (κ1) is 10.7. The molecule has 0 atom stereocenters. The number of carbonyl (C=O) groups excluding carboxylic acids is 1. The third-order valence-electron chi connectivity index (χ3n) is 0.885. The maximum Gasteiger partial charge on any atom is 0.364 e. The Hall–Kier alpha value is -0.260. The Morgan fingerprint density at radius 1 is 1.27 bits per heavy atom. The predicted molar refractivity (Wildman–Crippen MR) is 43.0 cm³/mol. The van der Waals surface area contributed by atoms with Crippen LogP contribution in [0.5, 0.6) is 0 Å². The Balaban J connectivity index is 2.85. The fourth-order valence-corrected chi connectivity index (χ4v) is 0.524. The van der Waals surface area contributed by atoms with E-state index in [4.69, 9.17) is 9.47 Å². The highest BCUT2D eigenvalue weighted by atomic mass is 32.1. The number of ether oxygens (including phenoxy) is 3. The van der Waals surface area contributed by atoms with Crippen molar-refractivity contribution in [2.24, 2.45) is 0 Å². The first-order valence-corrected chi connectivity index (χ1v) is 3.64. The van der Waals surface area contributed by atoms with Gasteiger partial charge in [-0.25, -0.2) is 4.79 Å². The lowest BCUT2D eigenvalue weighted by Gasteiger charge is -2.02. The molecule has 66 valence electrons. The first-order valence-electron chi connectivity index (χ1n) is 3.19. The van der Waals surface area contributed by atoms with Gasteiger partial charge in [-0.2, -0.15) is 0 Å². The summed E-state index contributed by atoms with van der Waals surface area (Å²) in [5.74, 6) is 0. The third kappa shape index (κ3) is 9.74. The number of methoxy groups -OCH3 is 1. The topological polar surface area (TPSA) is 44.8 Å². The molecule has 11 heavy (non-hydrogen) atoms. The molecule has 0 aromatic rings. The molecule has 0 N–H and O–H groups in total. The Morgan fingerprint density at radius 2 is 1.91 bits per heavy atom. The summed E-state index contributed by atoms with van der Waals surface area (Å²) >= 11 is 3.40. The van der Waals surface area contributed by atoms with Gasteiger partial charge in [0.25, 0.3) is 0 Å². The maximum absolute atomic E-state index is 10.1. The van der Waals surface area contributed by atoms with Crippen LogP contribution in [0.4, 0.5) is 4.79 Å². The summed E-state index contributed by atoms with van der Waals surface area (Å²) in [4.78, 5) is 10.1. The molecule has 0 aliphatic heterocycles. The molecular formula is C6H12O4S. The zero-order valence-electron chi connectivity index (χ0n) is 6.41. The minimum Gasteiger partial charge on any atom is -0.455 e. The summed E-state index contributed by atoms with van der Waals surface area (Å²) in [7, 11) is 1.59. The zero-order valence-corrected chi connectivity index (χ0v) is 7.30. The van der Waals surface area contributed by atoms with Gasteiger partial charge >= 0.3 is 5.30 Å². The molecule has 0 heterocycles. The molecular weight excluding hydrogens is 168 g/mol. The number of carbonyl (C=O) groups is 1. The second-order valence-electron chi connectivity index (χ2n) is 1.72. The van der Waals surface area contributed by atoms with Crippen molar-refractivity contribution in [2.45, 2.75) is 0 Å². The van der Waals surface area contributed by atoms with Gasteiger partial charge in [0.15, 0.2) is 0 Å². The highest BCUT2D eigenvalue weighted by Crippen LogP contribution is 1.85. The van der Waals surface area contributed by atoms with Crippen LogP contribution in [0.1, 0.15) is 0 Å². The second-order valence-corrected chi connectivity index (χ2v) is 2.08. The highest BCUT2D eigenvalue weighted by Gasteiger charge is 1.92. The van der Waals surface area contributed by atoms with Gasteiger partial charge in [0.2, 0.25) is 0 Å². The summed E-state index contributed by atoms with van der Waals surface area (Å²) < 4.78 is 14.2. The van der Waals surface area contributed by atoms with Crippen LogP contribution >= 0.6 is 12.6 Å². The second kappa shape index (κ2) is 7.84. The number of thiol groups is 1. The molecule has 4 nitrogen and oxygen atoms in total.